The number of piperidine rings is 2. The van der Waals surface area contributed by atoms with E-state index in [1.807, 2.05) is 48.7 Å². The number of imide groups is 1. The van der Waals surface area contributed by atoms with E-state index in [2.05, 4.69) is 42.2 Å². The third kappa shape index (κ3) is 6.85. The first kappa shape index (κ1) is 31.9. The van der Waals surface area contributed by atoms with Crippen molar-refractivity contribution in [2.75, 3.05) is 35.2 Å². The number of amides is 4. The van der Waals surface area contributed by atoms with Gasteiger partial charge < -0.3 is 31.2 Å². The fourth-order valence-electron chi connectivity index (χ4n) is 6.42. The molecule has 0 spiro atoms. The molecule has 2 saturated heterocycles. The van der Waals surface area contributed by atoms with E-state index >= 15 is 0 Å². The number of allylic oxidation sites excluding steroid dienone is 1. The van der Waals surface area contributed by atoms with Gasteiger partial charge in [0, 0.05) is 65.9 Å². The largest absolute Gasteiger partial charge is 0.387 e. The average molecular weight is 678 g/mol. The van der Waals surface area contributed by atoms with E-state index in [9.17, 15) is 19.2 Å². The molecule has 14 heteroatoms. The van der Waals surface area contributed by atoms with Crippen LogP contribution in [0.1, 0.15) is 47.3 Å². The molecule has 1 atom stereocenters. The van der Waals surface area contributed by atoms with Crippen LogP contribution in [-0.4, -0.2) is 76.4 Å². The summed E-state index contributed by atoms with van der Waals surface area (Å²) in [5, 5.41) is 22.1. The number of hydrogen-bond donors (Lipinski definition) is 5. The molecule has 5 N–H and O–H groups in total. The van der Waals surface area contributed by atoms with Crippen molar-refractivity contribution in [3.63, 3.8) is 0 Å². The van der Waals surface area contributed by atoms with Gasteiger partial charge in [-0.25, -0.2) is 4.98 Å². The minimum Gasteiger partial charge on any atom is -0.387 e. The summed E-state index contributed by atoms with van der Waals surface area (Å²) in [7, 11) is 0. The molecule has 3 aliphatic rings. The third-order valence-electron chi connectivity index (χ3n) is 9.09. The lowest BCUT2D eigenvalue weighted by Crippen LogP contribution is -2.52. The van der Waals surface area contributed by atoms with Crippen LogP contribution in [0.2, 0.25) is 0 Å². The van der Waals surface area contributed by atoms with Crippen LogP contribution < -0.4 is 26.2 Å². The van der Waals surface area contributed by atoms with Gasteiger partial charge in [-0.15, -0.1) is 11.3 Å². The molecule has 2 fully saturated rings. The molecule has 13 nitrogen and oxygen atoms in total. The fourth-order valence-corrected chi connectivity index (χ4v) is 7.38. The fraction of sp³-hybridized carbons (Fsp3) is 0.286. The van der Waals surface area contributed by atoms with Crippen LogP contribution in [0.3, 0.4) is 0 Å². The maximum absolute atomic E-state index is 13.0. The summed E-state index contributed by atoms with van der Waals surface area (Å²) in [5.74, 6) is -1.31. The van der Waals surface area contributed by atoms with Crippen molar-refractivity contribution in [2.45, 2.75) is 44.3 Å². The van der Waals surface area contributed by atoms with Gasteiger partial charge in [-0.3, -0.25) is 29.5 Å². The first-order chi connectivity index (χ1) is 23.9. The molecule has 4 aromatic rings. The predicted octanol–water partition coefficient (Wildman–Crippen LogP) is 3.75. The zero-order valence-electron chi connectivity index (χ0n) is 26.6. The van der Waals surface area contributed by atoms with Gasteiger partial charge >= 0.3 is 0 Å². The van der Waals surface area contributed by atoms with Crippen LogP contribution in [0.25, 0.3) is 16.6 Å². The monoisotopic (exact) mass is 677 g/mol. The van der Waals surface area contributed by atoms with Crippen LogP contribution >= 0.6 is 11.3 Å². The number of thiophene rings is 1. The highest BCUT2D eigenvalue weighted by atomic mass is 32.1. The van der Waals surface area contributed by atoms with Crippen molar-refractivity contribution in [1.29, 1.82) is 5.41 Å². The molecule has 250 valence electrons. The molecule has 0 saturated carbocycles. The first-order valence-corrected chi connectivity index (χ1v) is 17.1. The number of nitrogens with zero attached hydrogens (tertiary/aromatic N) is 4. The van der Waals surface area contributed by atoms with Crippen molar-refractivity contribution < 1.29 is 19.2 Å². The van der Waals surface area contributed by atoms with Gasteiger partial charge in [-0.05, 0) is 49.6 Å². The molecule has 1 unspecified atom stereocenters. The average Bonchev–Trinajstić information content (AvgIpc) is 3.67. The number of nitrogens with one attached hydrogen (secondary N) is 5. The number of benzene rings is 2. The van der Waals surface area contributed by atoms with E-state index < -0.39 is 11.9 Å². The lowest BCUT2D eigenvalue weighted by molar-refractivity contribution is -0.137. The van der Waals surface area contributed by atoms with Crippen molar-refractivity contribution >= 4 is 74.2 Å². The molecule has 2 aromatic carbocycles. The molecule has 49 heavy (non-hydrogen) atoms. The van der Waals surface area contributed by atoms with Crippen molar-refractivity contribution in [1.82, 2.24) is 25.5 Å². The van der Waals surface area contributed by atoms with Gasteiger partial charge in [-0.2, -0.15) is 0 Å². The van der Waals surface area contributed by atoms with E-state index in [4.69, 9.17) is 5.41 Å². The molecule has 3 aliphatic heterocycles. The van der Waals surface area contributed by atoms with Crippen LogP contribution in [-0.2, 0) is 20.9 Å². The number of carbonyl (C=O) groups is 4. The second-order valence-electron chi connectivity index (χ2n) is 12.2. The topological polar surface area (TPSA) is 173 Å². The summed E-state index contributed by atoms with van der Waals surface area (Å²) in [5.41, 5.74) is 6.00. The van der Waals surface area contributed by atoms with Gasteiger partial charge in [-0.1, -0.05) is 18.2 Å². The second kappa shape index (κ2) is 13.8. The number of aromatic nitrogens is 2. The van der Waals surface area contributed by atoms with E-state index in [-0.39, 0.29) is 49.7 Å². The summed E-state index contributed by atoms with van der Waals surface area (Å²) in [6, 6.07) is 15.2. The van der Waals surface area contributed by atoms with E-state index in [1.54, 1.807) is 11.6 Å². The number of hydrogen-bond acceptors (Lipinski definition) is 11. The quantitative estimate of drug-likeness (QED) is 0.124. The molecule has 2 aromatic heterocycles. The van der Waals surface area contributed by atoms with Crippen LogP contribution in [0, 0.1) is 5.41 Å². The summed E-state index contributed by atoms with van der Waals surface area (Å²) >= 11 is 1.29. The van der Waals surface area contributed by atoms with Gasteiger partial charge in [0.1, 0.15) is 11.0 Å². The normalized spacial score (nSPS) is 18.3. The Balaban J connectivity index is 0.899. The predicted molar refractivity (Wildman–Crippen MR) is 189 cm³/mol. The number of rotatable bonds is 10. The van der Waals surface area contributed by atoms with Crippen molar-refractivity contribution in [2.24, 2.45) is 0 Å². The number of carbonyl (C=O) groups excluding carboxylic acids is 4. The highest BCUT2D eigenvalue weighted by Gasteiger charge is 2.40. The van der Waals surface area contributed by atoms with Gasteiger partial charge in [0.2, 0.25) is 17.7 Å². The van der Waals surface area contributed by atoms with E-state index in [0.29, 0.717) is 27.4 Å². The van der Waals surface area contributed by atoms with Crippen LogP contribution in [0.4, 0.5) is 16.4 Å². The Morgan fingerprint density at radius 3 is 2.67 bits per heavy atom. The summed E-state index contributed by atoms with van der Waals surface area (Å²) in [4.78, 5) is 62.7. The maximum Gasteiger partial charge on any atom is 0.256 e. The Morgan fingerprint density at radius 2 is 1.88 bits per heavy atom. The zero-order valence-corrected chi connectivity index (χ0v) is 27.4. The van der Waals surface area contributed by atoms with E-state index in [0.717, 1.165) is 48.3 Å². The molecular weight excluding hydrogens is 643 g/mol. The highest BCUT2D eigenvalue weighted by molar-refractivity contribution is 7.15. The number of fused-ring (bicyclic) bond motifs is 2. The van der Waals surface area contributed by atoms with Crippen molar-refractivity contribution in [3.8, 4) is 0 Å². The van der Waals surface area contributed by atoms with Crippen molar-refractivity contribution in [3.05, 3.63) is 83.1 Å². The molecule has 4 amide bonds. The molecule has 0 bridgehead atoms. The SMILES string of the molecule is N=C/C(=C\NC1CCN(c2cccc(NCC(=O)Nc3scc4c3CN(C3CCC(=O)NC3=O)C4=O)c2)CC1)c1cnc2ccccc2n1. The lowest BCUT2D eigenvalue weighted by Gasteiger charge is -2.34. The molecule has 5 heterocycles. The van der Waals surface area contributed by atoms with E-state index in [1.165, 1.54) is 22.5 Å². The summed E-state index contributed by atoms with van der Waals surface area (Å²) < 4.78 is 0. The Hall–Kier alpha value is -5.63. The minimum atomic E-state index is -0.699. The van der Waals surface area contributed by atoms with Gasteiger partial charge in [0.05, 0.1) is 41.6 Å². The Labute approximate surface area is 286 Å². The van der Waals surface area contributed by atoms with Gasteiger partial charge in [0.15, 0.2) is 0 Å². The third-order valence-corrected chi connectivity index (χ3v) is 10.0. The van der Waals surface area contributed by atoms with Gasteiger partial charge in [0.25, 0.3) is 5.91 Å². The molecule has 0 aliphatic carbocycles. The first-order valence-electron chi connectivity index (χ1n) is 16.2. The minimum absolute atomic E-state index is 0.0379. The van der Waals surface area contributed by atoms with Crippen LogP contribution in [0.5, 0.6) is 0 Å². The maximum atomic E-state index is 13.0. The molecule has 7 rings (SSSR count). The number of anilines is 3. The lowest BCUT2D eigenvalue weighted by atomic mass is 10.0. The molecule has 0 radical (unpaired) electrons. The number of para-hydroxylation sites is 2. The Bertz CT molecular complexity index is 1980. The standard InChI is InChI=1S/C35H35N9O4S/c36-15-21(29-17-39-27-6-1-2-7-28(27)40-29)16-37-22-10-12-43(13-11-22)24-5-3-4-23(14-24)38-18-32(46)42-34-25-19-44(35(48)26(25)20-49-34)30-8-9-31(45)41-33(30)47/h1-7,14-17,20,22,30,36-38H,8-13,18-19H2,(H,42,46)(H,41,45,47)/b21-16+,36-15?. The Morgan fingerprint density at radius 1 is 1.06 bits per heavy atom. The zero-order chi connectivity index (χ0) is 33.9. The van der Waals surface area contributed by atoms with Crippen LogP contribution in [0.15, 0.2) is 66.3 Å². The highest BCUT2D eigenvalue weighted by Crippen LogP contribution is 2.37. The smallest absolute Gasteiger partial charge is 0.256 e. The summed E-state index contributed by atoms with van der Waals surface area (Å²) in [6.07, 6.45) is 7.16. The summed E-state index contributed by atoms with van der Waals surface area (Å²) in [6.45, 7) is 1.95. The molecular formula is C35H35N9O4S. The Kier molecular flexibility index (Phi) is 9.03. The second-order valence-corrected chi connectivity index (χ2v) is 13.1.